The number of hydrogen-bond donors (Lipinski definition) is 2. The highest BCUT2D eigenvalue weighted by atomic mass is 32.1. The van der Waals surface area contributed by atoms with Crippen molar-refractivity contribution in [1.82, 2.24) is 4.57 Å². The number of nitrogens with two attached hydrogens (primary N) is 1. The fourth-order valence-electron chi connectivity index (χ4n) is 1.41. The van der Waals surface area contributed by atoms with Gasteiger partial charge in [-0.2, -0.15) is 0 Å². The van der Waals surface area contributed by atoms with E-state index in [-0.39, 0.29) is 5.84 Å². The number of oxime groups is 1. The maximum Gasteiger partial charge on any atom is 0.186 e. The van der Waals surface area contributed by atoms with E-state index in [9.17, 15) is 0 Å². The summed E-state index contributed by atoms with van der Waals surface area (Å²) < 4.78 is 1.95. The van der Waals surface area contributed by atoms with Gasteiger partial charge < -0.3 is 15.5 Å². The summed E-state index contributed by atoms with van der Waals surface area (Å²) in [5.41, 5.74) is 6.28. The number of amidine groups is 1. The molecule has 0 atom stereocenters. The van der Waals surface area contributed by atoms with Gasteiger partial charge in [-0.3, -0.25) is 0 Å². The van der Waals surface area contributed by atoms with Crippen LogP contribution in [0.4, 0.5) is 0 Å². The Bertz CT molecular complexity index is 459. The fraction of sp³-hybridized carbons (Fsp3) is 0.100. The number of thiophene rings is 1. The third kappa shape index (κ3) is 2.02. The molecule has 4 nitrogen and oxygen atoms in total. The van der Waals surface area contributed by atoms with E-state index >= 15 is 0 Å². The van der Waals surface area contributed by atoms with Crippen LogP contribution in [0, 0.1) is 0 Å². The van der Waals surface area contributed by atoms with Gasteiger partial charge in [0, 0.05) is 11.1 Å². The largest absolute Gasteiger partial charge is 0.409 e. The zero-order valence-corrected chi connectivity index (χ0v) is 8.81. The van der Waals surface area contributed by atoms with Gasteiger partial charge >= 0.3 is 0 Å². The molecule has 2 aromatic heterocycles. The van der Waals surface area contributed by atoms with Crippen LogP contribution in [-0.2, 0) is 6.54 Å². The van der Waals surface area contributed by atoms with Gasteiger partial charge in [0.1, 0.15) is 0 Å². The van der Waals surface area contributed by atoms with Crippen molar-refractivity contribution in [2.75, 3.05) is 0 Å². The van der Waals surface area contributed by atoms with Crippen molar-refractivity contribution in [3.05, 3.63) is 46.4 Å². The van der Waals surface area contributed by atoms with Crippen LogP contribution in [0.15, 0.2) is 41.0 Å². The first-order valence-electron chi connectivity index (χ1n) is 4.46. The Labute approximate surface area is 91.3 Å². The maximum absolute atomic E-state index is 8.61. The minimum atomic E-state index is 0.136. The Morgan fingerprint density at radius 1 is 1.47 bits per heavy atom. The summed E-state index contributed by atoms with van der Waals surface area (Å²) in [4.78, 5) is 1.23. The first-order valence-corrected chi connectivity index (χ1v) is 5.34. The summed E-state index contributed by atoms with van der Waals surface area (Å²) in [7, 11) is 0. The summed E-state index contributed by atoms with van der Waals surface area (Å²) in [6.07, 6.45) is 1.91. The van der Waals surface area contributed by atoms with E-state index in [1.165, 1.54) is 4.88 Å². The molecule has 2 aromatic rings. The molecule has 0 saturated carbocycles. The Hall–Kier alpha value is -1.75. The zero-order chi connectivity index (χ0) is 10.7. The SMILES string of the molecule is N/C(=N/O)c1cccn1Cc1cccs1. The van der Waals surface area contributed by atoms with Crippen molar-refractivity contribution in [3.63, 3.8) is 0 Å². The Morgan fingerprint density at radius 3 is 3.00 bits per heavy atom. The van der Waals surface area contributed by atoms with Crippen LogP contribution < -0.4 is 5.73 Å². The van der Waals surface area contributed by atoms with E-state index in [0.29, 0.717) is 0 Å². The lowest BCUT2D eigenvalue weighted by atomic mass is 10.4. The molecule has 3 N–H and O–H groups in total. The molecule has 0 bridgehead atoms. The topological polar surface area (TPSA) is 63.5 Å². The van der Waals surface area contributed by atoms with Crippen molar-refractivity contribution in [2.45, 2.75) is 6.54 Å². The zero-order valence-electron chi connectivity index (χ0n) is 8.00. The van der Waals surface area contributed by atoms with Crippen LogP contribution in [0.1, 0.15) is 10.6 Å². The van der Waals surface area contributed by atoms with Gasteiger partial charge in [0.2, 0.25) is 0 Å². The second-order valence-corrected chi connectivity index (χ2v) is 4.12. The van der Waals surface area contributed by atoms with Gasteiger partial charge in [0.05, 0.1) is 12.2 Å². The standard InChI is InChI=1S/C10H11N3OS/c11-10(12-14)9-4-1-5-13(9)7-8-3-2-6-15-8/h1-6,14H,7H2,(H2,11,12). The summed E-state index contributed by atoms with van der Waals surface area (Å²) in [6, 6.07) is 7.76. The van der Waals surface area contributed by atoms with Gasteiger partial charge in [-0.15, -0.1) is 11.3 Å². The van der Waals surface area contributed by atoms with Crippen LogP contribution in [-0.4, -0.2) is 15.6 Å². The molecule has 0 amide bonds. The van der Waals surface area contributed by atoms with Gasteiger partial charge in [0.15, 0.2) is 5.84 Å². The van der Waals surface area contributed by atoms with E-state index in [2.05, 4.69) is 11.2 Å². The van der Waals surface area contributed by atoms with Crippen LogP contribution >= 0.6 is 11.3 Å². The molecule has 0 unspecified atom stereocenters. The number of rotatable bonds is 3. The smallest absolute Gasteiger partial charge is 0.186 e. The lowest BCUT2D eigenvalue weighted by Gasteiger charge is -2.05. The predicted octanol–water partition coefficient (Wildman–Crippen LogP) is 1.69. The van der Waals surface area contributed by atoms with Crippen LogP contribution in [0.25, 0.3) is 0 Å². The van der Waals surface area contributed by atoms with E-state index in [1.54, 1.807) is 11.3 Å². The molecule has 2 rings (SSSR count). The van der Waals surface area contributed by atoms with Gasteiger partial charge in [-0.05, 0) is 23.6 Å². The van der Waals surface area contributed by atoms with Crippen molar-refractivity contribution < 1.29 is 5.21 Å². The van der Waals surface area contributed by atoms with Crippen LogP contribution in [0.3, 0.4) is 0 Å². The van der Waals surface area contributed by atoms with E-state index in [0.717, 1.165) is 12.2 Å². The molecule has 0 aliphatic heterocycles. The monoisotopic (exact) mass is 221 g/mol. The lowest BCUT2D eigenvalue weighted by molar-refractivity contribution is 0.318. The molecule has 0 fully saturated rings. The summed E-state index contributed by atoms with van der Waals surface area (Å²) in [5, 5.41) is 13.6. The average molecular weight is 221 g/mol. The van der Waals surface area contributed by atoms with Crippen molar-refractivity contribution in [2.24, 2.45) is 10.9 Å². The Morgan fingerprint density at radius 2 is 2.33 bits per heavy atom. The van der Waals surface area contributed by atoms with Crippen molar-refractivity contribution >= 4 is 17.2 Å². The molecule has 15 heavy (non-hydrogen) atoms. The molecule has 0 aliphatic carbocycles. The molecular weight excluding hydrogens is 210 g/mol. The molecule has 0 aliphatic rings. The molecular formula is C10H11N3OS. The third-order valence-electron chi connectivity index (χ3n) is 2.11. The summed E-state index contributed by atoms with van der Waals surface area (Å²) in [6.45, 7) is 0.746. The molecule has 5 heteroatoms. The van der Waals surface area contributed by atoms with Gasteiger partial charge in [-0.25, -0.2) is 0 Å². The highest BCUT2D eigenvalue weighted by Gasteiger charge is 2.06. The second kappa shape index (κ2) is 4.18. The molecule has 0 aromatic carbocycles. The molecule has 0 saturated heterocycles. The minimum absolute atomic E-state index is 0.136. The van der Waals surface area contributed by atoms with Gasteiger partial charge in [-0.1, -0.05) is 11.2 Å². The van der Waals surface area contributed by atoms with E-state index in [4.69, 9.17) is 10.9 Å². The summed E-state index contributed by atoms with van der Waals surface area (Å²) in [5.74, 6) is 0.136. The fourth-order valence-corrected chi connectivity index (χ4v) is 2.11. The number of hydrogen-bond acceptors (Lipinski definition) is 3. The van der Waals surface area contributed by atoms with Crippen LogP contribution in [0.5, 0.6) is 0 Å². The van der Waals surface area contributed by atoms with Gasteiger partial charge in [0.25, 0.3) is 0 Å². The molecule has 78 valence electrons. The second-order valence-electron chi connectivity index (χ2n) is 3.09. The average Bonchev–Trinajstić information content (AvgIpc) is 2.88. The Balaban J connectivity index is 2.26. The quantitative estimate of drug-likeness (QED) is 0.358. The maximum atomic E-state index is 8.61. The predicted molar refractivity (Wildman–Crippen MR) is 60.4 cm³/mol. The van der Waals surface area contributed by atoms with Crippen LogP contribution in [0.2, 0.25) is 0 Å². The lowest BCUT2D eigenvalue weighted by Crippen LogP contribution is -2.18. The van der Waals surface area contributed by atoms with E-state index in [1.807, 2.05) is 34.3 Å². The normalized spacial score (nSPS) is 11.9. The van der Waals surface area contributed by atoms with Crippen molar-refractivity contribution in [3.8, 4) is 0 Å². The molecule has 0 spiro atoms. The first-order chi connectivity index (χ1) is 7.31. The van der Waals surface area contributed by atoms with Crippen molar-refractivity contribution in [1.29, 1.82) is 0 Å². The minimum Gasteiger partial charge on any atom is -0.409 e. The third-order valence-corrected chi connectivity index (χ3v) is 2.97. The summed E-state index contributed by atoms with van der Waals surface area (Å²) >= 11 is 1.69. The first kappa shape index (κ1) is 9.79. The highest BCUT2D eigenvalue weighted by molar-refractivity contribution is 7.09. The van der Waals surface area contributed by atoms with E-state index < -0.39 is 0 Å². The molecule has 2 heterocycles. The highest BCUT2D eigenvalue weighted by Crippen LogP contribution is 2.12. The number of aromatic nitrogens is 1. The number of nitrogens with zero attached hydrogens (tertiary/aromatic N) is 2. The molecule has 0 radical (unpaired) electrons. The Kier molecular flexibility index (Phi) is 2.73.